The molecule has 1 heterocycles. The Kier molecular flexibility index (Phi) is 1.81. The van der Waals surface area contributed by atoms with E-state index in [9.17, 15) is 4.79 Å². The molecule has 0 aliphatic rings. The minimum absolute atomic E-state index is 0.437. The predicted molar refractivity (Wildman–Crippen MR) is 48.3 cm³/mol. The average Bonchev–Trinajstić information content (AvgIpc) is 2.48. The monoisotopic (exact) mass is 175 g/mol. The lowest BCUT2D eigenvalue weighted by molar-refractivity contribution is -0.107. The summed E-state index contributed by atoms with van der Waals surface area (Å²) >= 11 is 0. The highest BCUT2D eigenvalue weighted by atomic mass is 16.1. The van der Waals surface area contributed by atoms with Crippen LogP contribution in [0.25, 0.3) is 11.0 Å². The highest BCUT2D eigenvalue weighted by Crippen LogP contribution is 2.12. The van der Waals surface area contributed by atoms with Crippen molar-refractivity contribution in [3.8, 4) is 0 Å². The maximum atomic E-state index is 10.3. The summed E-state index contributed by atoms with van der Waals surface area (Å²) in [5.41, 5.74) is 2.79. The lowest BCUT2D eigenvalue weighted by Gasteiger charge is -1.94. The minimum Gasteiger partial charge on any atom is -0.303 e. The van der Waals surface area contributed by atoms with Crippen molar-refractivity contribution in [3.63, 3.8) is 0 Å². The van der Waals surface area contributed by atoms with Crippen LogP contribution in [0.2, 0.25) is 0 Å². The van der Waals surface area contributed by atoms with Crippen LogP contribution in [0.15, 0.2) is 18.2 Å². The molecule has 0 saturated heterocycles. The largest absolute Gasteiger partial charge is 0.303 e. The predicted octanol–water partition coefficient (Wildman–Crippen LogP) is 0.710. The highest BCUT2D eigenvalue weighted by Gasteiger charge is 2.01. The molecular weight excluding hydrogens is 166 g/mol. The first-order valence-corrected chi connectivity index (χ1v) is 4.03. The van der Waals surface area contributed by atoms with Gasteiger partial charge in [0.2, 0.25) is 0 Å². The summed E-state index contributed by atoms with van der Waals surface area (Å²) < 4.78 is 1.71. The SMILES string of the molecule is Cn1nnc2cc(CC=O)ccc21. The van der Waals surface area contributed by atoms with Crippen LogP contribution in [-0.4, -0.2) is 21.3 Å². The summed E-state index contributed by atoms with van der Waals surface area (Å²) in [7, 11) is 1.84. The van der Waals surface area contributed by atoms with Crippen LogP contribution < -0.4 is 0 Å². The number of hydrogen-bond donors (Lipinski definition) is 0. The number of fused-ring (bicyclic) bond motifs is 1. The third-order valence-electron chi connectivity index (χ3n) is 1.99. The summed E-state index contributed by atoms with van der Waals surface area (Å²) in [5.74, 6) is 0. The number of nitrogens with zero attached hydrogens (tertiary/aromatic N) is 3. The van der Waals surface area contributed by atoms with Gasteiger partial charge in [0, 0.05) is 13.5 Å². The molecule has 0 bridgehead atoms. The maximum Gasteiger partial charge on any atom is 0.124 e. The molecule has 0 N–H and O–H groups in total. The summed E-state index contributed by atoms with van der Waals surface area (Å²) in [6, 6.07) is 5.73. The van der Waals surface area contributed by atoms with Crippen molar-refractivity contribution in [1.29, 1.82) is 0 Å². The second kappa shape index (κ2) is 2.97. The number of benzene rings is 1. The van der Waals surface area contributed by atoms with Crippen molar-refractivity contribution in [2.45, 2.75) is 6.42 Å². The lowest BCUT2D eigenvalue weighted by Crippen LogP contribution is -1.89. The van der Waals surface area contributed by atoms with Crippen LogP contribution >= 0.6 is 0 Å². The van der Waals surface area contributed by atoms with Crippen LogP contribution in [0.4, 0.5) is 0 Å². The molecule has 0 amide bonds. The molecule has 0 saturated carbocycles. The molecule has 2 aromatic rings. The van der Waals surface area contributed by atoms with Gasteiger partial charge in [-0.1, -0.05) is 11.3 Å². The van der Waals surface area contributed by atoms with Crippen LogP contribution in [0.3, 0.4) is 0 Å². The van der Waals surface area contributed by atoms with Gasteiger partial charge in [-0.2, -0.15) is 0 Å². The molecule has 0 aliphatic carbocycles. The third kappa shape index (κ3) is 1.30. The smallest absolute Gasteiger partial charge is 0.124 e. The molecule has 0 atom stereocenters. The maximum absolute atomic E-state index is 10.3. The van der Waals surface area contributed by atoms with Crippen molar-refractivity contribution < 1.29 is 4.79 Å². The van der Waals surface area contributed by atoms with Gasteiger partial charge < -0.3 is 4.79 Å². The fraction of sp³-hybridized carbons (Fsp3) is 0.222. The molecule has 0 spiro atoms. The van der Waals surface area contributed by atoms with Crippen molar-refractivity contribution in [3.05, 3.63) is 23.8 Å². The lowest BCUT2D eigenvalue weighted by atomic mass is 10.1. The molecule has 4 heteroatoms. The van der Waals surface area contributed by atoms with Gasteiger partial charge in [0.25, 0.3) is 0 Å². The summed E-state index contributed by atoms with van der Waals surface area (Å²) in [6.45, 7) is 0. The first kappa shape index (κ1) is 7.91. The molecule has 1 aromatic heterocycles. The Morgan fingerprint density at radius 1 is 1.54 bits per heavy atom. The number of aryl methyl sites for hydroxylation is 1. The van der Waals surface area contributed by atoms with E-state index in [1.54, 1.807) is 4.68 Å². The van der Waals surface area contributed by atoms with E-state index in [4.69, 9.17) is 0 Å². The Morgan fingerprint density at radius 2 is 2.38 bits per heavy atom. The van der Waals surface area contributed by atoms with Gasteiger partial charge in [-0.05, 0) is 17.7 Å². The van der Waals surface area contributed by atoms with E-state index >= 15 is 0 Å². The normalized spacial score (nSPS) is 10.5. The number of carbonyl (C=O) groups excluding carboxylic acids is 1. The van der Waals surface area contributed by atoms with Crippen LogP contribution in [-0.2, 0) is 18.3 Å². The van der Waals surface area contributed by atoms with Crippen molar-refractivity contribution in [1.82, 2.24) is 15.0 Å². The second-order valence-electron chi connectivity index (χ2n) is 2.91. The van der Waals surface area contributed by atoms with E-state index in [1.807, 2.05) is 25.2 Å². The van der Waals surface area contributed by atoms with Gasteiger partial charge in [-0.3, -0.25) is 0 Å². The molecule has 0 radical (unpaired) electrons. The van der Waals surface area contributed by atoms with E-state index in [1.165, 1.54) is 0 Å². The zero-order chi connectivity index (χ0) is 9.26. The third-order valence-corrected chi connectivity index (χ3v) is 1.99. The van der Waals surface area contributed by atoms with Crippen LogP contribution in [0.1, 0.15) is 5.56 Å². The molecule has 0 unspecified atom stereocenters. The van der Waals surface area contributed by atoms with Gasteiger partial charge in [0.15, 0.2) is 0 Å². The zero-order valence-electron chi connectivity index (χ0n) is 7.27. The molecular formula is C9H9N3O. The standard InChI is InChI=1S/C9H9N3O/c1-12-9-3-2-7(4-5-13)6-8(9)10-11-12/h2-3,5-6H,4H2,1H3. The number of hydrogen-bond acceptors (Lipinski definition) is 3. The van der Waals surface area contributed by atoms with Crippen LogP contribution in [0.5, 0.6) is 0 Å². The van der Waals surface area contributed by atoms with E-state index < -0.39 is 0 Å². The van der Waals surface area contributed by atoms with E-state index in [0.717, 1.165) is 22.9 Å². The molecule has 2 rings (SSSR count). The van der Waals surface area contributed by atoms with Gasteiger partial charge >= 0.3 is 0 Å². The molecule has 1 aromatic carbocycles. The van der Waals surface area contributed by atoms with Crippen molar-refractivity contribution >= 4 is 17.3 Å². The Balaban J connectivity index is 2.56. The molecule has 13 heavy (non-hydrogen) atoms. The second-order valence-corrected chi connectivity index (χ2v) is 2.91. The van der Waals surface area contributed by atoms with Crippen LogP contribution in [0, 0.1) is 0 Å². The summed E-state index contributed by atoms with van der Waals surface area (Å²) in [6.07, 6.45) is 1.32. The average molecular weight is 175 g/mol. The Hall–Kier alpha value is -1.71. The molecule has 4 nitrogen and oxygen atoms in total. The van der Waals surface area contributed by atoms with Gasteiger partial charge in [-0.25, -0.2) is 4.68 Å². The fourth-order valence-electron chi connectivity index (χ4n) is 1.31. The topological polar surface area (TPSA) is 47.8 Å². The summed E-state index contributed by atoms with van der Waals surface area (Å²) in [5, 5.41) is 7.83. The zero-order valence-corrected chi connectivity index (χ0v) is 7.27. The Morgan fingerprint density at radius 3 is 3.15 bits per heavy atom. The number of aromatic nitrogens is 3. The van der Waals surface area contributed by atoms with Crippen molar-refractivity contribution in [2.24, 2.45) is 7.05 Å². The molecule has 66 valence electrons. The summed E-state index contributed by atoms with van der Waals surface area (Å²) in [4.78, 5) is 10.3. The quantitative estimate of drug-likeness (QED) is 0.631. The Labute approximate surface area is 75.2 Å². The van der Waals surface area contributed by atoms with Gasteiger partial charge in [0.05, 0.1) is 5.52 Å². The fourth-order valence-corrected chi connectivity index (χ4v) is 1.31. The minimum atomic E-state index is 0.437. The highest BCUT2D eigenvalue weighted by molar-refractivity contribution is 5.75. The molecule has 0 aliphatic heterocycles. The number of rotatable bonds is 2. The van der Waals surface area contributed by atoms with Crippen molar-refractivity contribution in [2.75, 3.05) is 0 Å². The first-order chi connectivity index (χ1) is 6.31. The number of aldehydes is 1. The van der Waals surface area contributed by atoms with Gasteiger partial charge in [0.1, 0.15) is 11.8 Å². The Bertz CT molecular complexity index is 447. The van der Waals surface area contributed by atoms with E-state index in [0.29, 0.717) is 6.42 Å². The molecule has 0 fully saturated rings. The first-order valence-electron chi connectivity index (χ1n) is 4.03. The number of carbonyl (C=O) groups is 1. The van der Waals surface area contributed by atoms with E-state index in [2.05, 4.69) is 10.3 Å². The van der Waals surface area contributed by atoms with E-state index in [-0.39, 0.29) is 0 Å². The van der Waals surface area contributed by atoms with Gasteiger partial charge in [-0.15, -0.1) is 5.10 Å².